The maximum atomic E-state index is 12.0. The molecule has 0 saturated carbocycles. The number of likely N-dealkylation sites (tertiary alicyclic amines) is 1. The summed E-state index contributed by atoms with van der Waals surface area (Å²) in [6, 6.07) is 0.686. The van der Waals surface area contributed by atoms with Gasteiger partial charge in [0.15, 0.2) is 0 Å². The molecule has 0 aromatic heterocycles. The summed E-state index contributed by atoms with van der Waals surface area (Å²) in [7, 11) is 1.98. The minimum absolute atomic E-state index is 0.221. The van der Waals surface area contributed by atoms with Gasteiger partial charge in [-0.3, -0.25) is 9.69 Å². The lowest BCUT2D eigenvalue weighted by molar-refractivity contribution is -0.133. The molecule has 1 fully saturated rings. The third kappa shape index (κ3) is 3.18. The highest BCUT2D eigenvalue weighted by atomic mass is 16.2. The van der Waals surface area contributed by atoms with Crippen molar-refractivity contribution in [1.29, 1.82) is 0 Å². The first-order chi connectivity index (χ1) is 7.06. The summed E-state index contributed by atoms with van der Waals surface area (Å²) in [6.07, 6.45) is 2.16. The summed E-state index contributed by atoms with van der Waals surface area (Å²) in [5, 5.41) is 0. The monoisotopic (exact) mass is 213 g/mol. The second kappa shape index (κ2) is 5.47. The zero-order valence-corrected chi connectivity index (χ0v) is 10.1. The number of likely N-dealkylation sites (N-methyl/N-ethyl adjacent to an activating group) is 1. The zero-order valence-electron chi connectivity index (χ0n) is 10.1. The van der Waals surface area contributed by atoms with Gasteiger partial charge in [0.05, 0.1) is 6.54 Å². The molecule has 0 aromatic carbocycles. The van der Waals surface area contributed by atoms with Gasteiger partial charge in [-0.25, -0.2) is 0 Å². The van der Waals surface area contributed by atoms with Gasteiger partial charge in [0, 0.05) is 25.2 Å². The minimum atomic E-state index is 0.221. The first-order valence-electron chi connectivity index (χ1n) is 5.76. The van der Waals surface area contributed by atoms with Gasteiger partial charge < -0.3 is 10.6 Å². The van der Waals surface area contributed by atoms with E-state index in [0.29, 0.717) is 19.1 Å². The summed E-state index contributed by atoms with van der Waals surface area (Å²) < 4.78 is 0. The normalized spacial score (nSPS) is 21.7. The summed E-state index contributed by atoms with van der Waals surface area (Å²) in [6.45, 7) is 6.17. The molecule has 4 nitrogen and oxygen atoms in total. The Kier molecular flexibility index (Phi) is 4.54. The SMILES string of the molecule is CC(C)N(C)CC(=O)N1CCCC1CN. The summed E-state index contributed by atoms with van der Waals surface area (Å²) in [4.78, 5) is 16.0. The number of hydrogen-bond acceptors (Lipinski definition) is 3. The predicted octanol–water partition coefficient (Wildman–Crippen LogP) is 0.276. The molecule has 0 bridgehead atoms. The fourth-order valence-electron chi connectivity index (χ4n) is 1.90. The molecule has 88 valence electrons. The number of rotatable bonds is 4. The largest absolute Gasteiger partial charge is 0.337 e. The van der Waals surface area contributed by atoms with Gasteiger partial charge in [0.25, 0.3) is 0 Å². The van der Waals surface area contributed by atoms with E-state index in [1.807, 2.05) is 11.9 Å². The Balaban J connectivity index is 2.46. The van der Waals surface area contributed by atoms with Crippen LogP contribution >= 0.6 is 0 Å². The van der Waals surface area contributed by atoms with E-state index in [1.165, 1.54) is 0 Å². The Hall–Kier alpha value is -0.610. The van der Waals surface area contributed by atoms with Gasteiger partial charge in [-0.1, -0.05) is 0 Å². The van der Waals surface area contributed by atoms with E-state index in [1.54, 1.807) is 0 Å². The van der Waals surface area contributed by atoms with Crippen molar-refractivity contribution in [2.24, 2.45) is 5.73 Å². The standard InChI is InChI=1S/C11H23N3O/c1-9(2)13(3)8-11(15)14-6-4-5-10(14)7-12/h9-10H,4-8,12H2,1-3H3. The van der Waals surface area contributed by atoms with Crippen LogP contribution in [0.4, 0.5) is 0 Å². The molecule has 1 rings (SSSR count). The van der Waals surface area contributed by atoms with Crippen molar-refractivity contribution in [3.8, 4) is 0 Å². The van der Waals surface area contributed by atoms with E-state index in [4.69, 9.17) is 5.73 Å². The molecule has 15 heavy (non-hydrogen) atoms. The van der Waals surface area contributed by atoms with Gasteiger partial charge in [0.1, 0.15) is 0 Å². The molecule has 0 aliphatic carbocycles. The van der Waals surface area contributed by atoms with Crippen molar-refractivity contribution in [2.45, 2.75) is 38.8 Å². The summed E-state index contributed by atoms with van der Waals surface area (Å²) in [5.41, 5.74) is 5.65. The topological polar surface area (TPSA) is 49.6 Å². The van der Waals surface area contributed by atoms with Crippen molar-refractivity contribution in [2.75, 3.05) is 26.7 Å². The van der Waals surface area contributed by atoms with E-state index in [-0.39, 0.29) is 11.9 Å². The molecule has 1 amide bonds. The van der Waals surface area contributed by atoms with Crippen LogP contribution in [-0.2, 0) is 4.79 Å². The van der Waals surface area contributed by atoms with Crippen molar-refractivity contribution in [3.63, 3.8) is 0 Å². The Labute approximate surface area is 92.4 Å². The Morgan fingerprint density at radius 2 is 2.27 bits per heavy atom. The minimum Gasteiger partial charge on any atom is -0.337 e. The number of carbonyl (C=O) groups is 1. The predicted molar refractivity (Wildman–Crippen MR) is 61.6 cm³/mol. The van der Waals surface area contributed by atoms with Crippen LogP contribution in [0.25, 0.3) is 0 Å². The highest BCUT2D eigenvalue weighted by Crippen LogP contribution is 2.16. The van der Waals surface area contributed by atoms with Gasteiger partial charge in [-0.2, -0.15) is 0 Å². The fraction of sp³-hybridized carbons (Fsp3) is 0.909. The van der Waals surface area contributed by atoms with Gasteiger partial charge in [-0.05, 0) is 33.7 Å². The number of nitrogens with zero attached hydrogens (tertiary/aromatic N) is 2. The van der Waals surface area contributed by atoms with Crippen LogP contribution in [0.15, 0.2) is 0 Å². The van der Waals surface area contributed by atoms with E-state index < -0.39 is 0 Å². The molecule has 0 spiro atoms. The van der Waals surface area contributed by atoms with Crippen LogP contribution in [-0.4, -0.2) is 54.5 Å². The third-order valence-electron chi connectivity index (χ3n) is 3.24. The van der Waals surface area contributed by atoms with Crippen molar-refractivity contribution in [3.05, 3.63) is 0 Å². The second-order valence-corrected chi connectivity index (χ2v) is 4.63. The average Bonchev–Trinajstić information content (AvgIpc) is 2.64. The fourth-order valence-corrected chi connectivity index (χ4v) is 1.90. The number of amides is 1. The molecule has 2 N–H and O–H groups in total. The Morgan fingerprint density at radius 1 is 1.60 bits per heavy atom. The molecule has 0 aromatic rings. The van der Waals surface area contributed by atoms with Crippen molar-refractivity contribution in [1.82, 2.24) is 9.80 Å². The number of carbonyl (C=O) groups excluding carboxylic acids is 1. The third-order valence-corrected chi connectivity index (χ3v) is 3.24. The van der Waals surface area contributed by atoms with E-state index in [9.17, 15) is 4.79 Å². The van der Waals surface area contributed by atoms with Crippen LogP contribution < -0.4 is 5.73 Å². The molecule has 0 radical (unpaired) electrons. The van der Waals surface area contributed by atoms with E-state index in [2.05, 4.69) is 18.7 Å². The molecule has 1 aliphatic heterocycles. The van der Waals surface area contributed by atoms with E-state index in [0.717, 1.165) is 19.4 Å². The van der Waals surface area contributed by atoms with Crippen LogP contribution in [0, 0.1) is 0 Å². The summed E-state index contributed by atoms with van der Waals surface area (Å²) >= 11 is 0. The van der Waals surface area contributed by atoms with Crippen LogP contribution in [0.3, 0.4) is 0 Å². The van der Waals surface area contributed by atoms with E-state index >= 15 is 0 Å². The highest BCUT2D eigenvalue weighted by Gasteiger charge is 2.27. The maximum Gasteiger partial charge on any atom is 0.237 e. The first kappa shape index (κ1) is 12.5. The lowest BCUT2D eigenvalue weighted by Gasteiger charge is -2.27. The van der Waals surface area contributed by atoms with Crippen LogP contribution in [0.5, 0.6) is 0 Å². The number of hydrogen-bond donors (Lipinski definition) is 1. The number of nitrogens with two attached hydrogens (primary N) is 1. The Bertz CT molecular complexity index is 218. The highest BCUT2D eigenvalue weighted by molar-refractivity contribution is 5.78. The van der Waals surface area contributed by atoms with Gasteiger partial charge >= 0.3 is 0 Å². The molecule has 4 heteroatoms. The molecular formula is C11H23N3O. The first-order valence-corrected chi connectivity index (χ1v) is 5.76. The lowest BCUT2D eigenvalue weighted by atomic mass is 10.2. The average molecular weight is 213 g/mol. The van der Waals surface area contributed by atoms with Crippen molar-refractivity contribution >= 4 is 5.91 Å². The Morgan fingerprint density at radius 3 is 2.80 bits per heavy atom. The second-order valence-electron chi connectivity index (χ2n) is 4.63. The molecule has 1 saturated heterocycles. The van der Waals surface area contributed by atoms with Gasteiger partial charge in [-0.15, -0.1) is 0 Å². The molecular weight excluding hydrogens is 190 g/mol. The molecule has 1 atom stereocenters. The smallest absolute Gasteiger partial charge is 0.237 e. The van der Waals surface area contributed by atoms with Crippen LogP contribution in [0.2, 0.25) is 0 Å². The maximum absolute atomic E-state index is 12.0. The molecule has 1 unspecified atom stereocenters. The van der Waals surface area contributed by atoms with Crippen molar-refractivity contribution < 1.29 is 4.79 Å². The lowest BCUT2D eigenvalue weighted by Crippen LogP contribution is -2.45. The molecule has 1 aliphatic rings. The van der Waals surface area contributed by atoms with Gasteiger partial charge in [0.2, 0.25) is 5.91 Å². The zero-order chi connectivity index (χ0) is 11.4. The van der Waals surface area contributed by atoms with Crippen LogP contribution in [0.1, 0.15) is 26.7 Å². The summed E-state index contributed by atoms with van der Waals surface area (Å²) in [5.74, 6) is 0.221. The molecule has 1 heterocycles. The quantitative estimate of drug-likeness (QED) is 0.729.